The molecule has 0 heterocycles. The van der Waals surface area contributed by atoms with Crippen molar-refractivity contribution >= 4 is 24.0 Å². The maximum atomic E-state index is 13.0. The van der Waals surface area contributed by atoms with Gasteiger partial charge >= 0.3 is 0 Å². The van der Waals surface area contributed by atoms with Crippen LogP contribution < -0.4 is 14.8 Å². The van der Waals surface area contributed by atoms with Gasteiger partial charge in [-0.25, -0.2) is 4.39 Å². The second-order valence-corrected chi connectivity index (χ2v) is 6.69. The summed E-state index contributed by atoms with van der Waals surface area (Å²) in [6, 6.07) is 10.0. The molecule has 0 radical (unpaired) electrons. The van der Waals surface area contributed by atoms with Crippen LogP contribution in [0.2, 0.25) is 5.02 Å². The van der Waals surface area contributed by atoms with Crippen molar-refractivity contribution in [2.75, 3.05) is 13.2 Å². The van der Waals surface area contributed by atoms with E-state index in [1.807, 2.05) is 19.1 Å². The second-order valence-electron chi connectivity index (χ2n) is 6.28. The van der Waals surface area contributed by atoms with Gasteiger partial charge in [-0.3, -0.25) is 0 Å². The zero-order chi connectivity index (χ0) is 18.2. The van der Waals surface area contributed by atoms with E-state index < -0.39 is 0 Å². The third-order valence-electron chi connectivity index (χ3n) is 3.55. The Morgan fingerprint density at radius 1 is 1.08 bits per heavy atom. The first-order valence-electron chi connectivity index (χ1n) is 8.52. The fourth-order valence-corrected chi connectivity index (χ4v) is 2.66. The Kier molecular flexibility index (Phi) is 9.78. The fourth-order valence-electron chi connectivity index (χ4n) is 2.37. The first kappa shape index (κ1) is 22.6. The molecule has 0 saturated carbocycles. The molecule has 144 valence electrons. The number of ether oxygens (including phenoxy) is 2. The lowest BCUT2D eigenvalue weighted by Gasteiger charge is -2.16. The Bertz CT molecular complexity index is 678. The lowest BCUT2D eigenvalue weighted by Crippen LogP contribution is -2.19. The normalized spacial score (nSPS) is 10.5. The molecule has 0 aliphatic carbocycles. The summed E-state index contributed by atoms with van der Waals surface area (Å²) in [4.78, 5) is 0. The van der Waals surface area contributed by atoms with Crippen LogP contribution in [0.3, 0.4) is 0 Å². The van der Waals surface area contributed by atoms with Gasteiger partial charge in [0.15, 0.2) is 11.5 Å². The number of hydrogen-bond acceptors (Lipinski definition) is 3. The minimum Gasteiger partial charge on any atom is -0.490 e. The van der Waals surface area contributed by atoms with Crippen LogP contribution in [0, 0.1) is 11.7 Å². The molecular formula is C20H26Cl2FNO2. The highest BCUT2D eigenvalue weighted by atomic mass is 35.5. The van der Waals surface area contributed by atoms with Gasteiger partial charge in [-0.15, -0.1) is 12.4 Å². The smallest absolute Gasteiger partial charge is 0.180 e. The van der Waals surface area contributed by atoms with Gasteiger partial charge in [0.2, 0.25) is 0 Å². The summed E-state index contributed by atoms with van der Waals surface area (Å²) in [5.41, 5.74) is 1.91. The number of halogens is 3. The molecule has 0 spiro atoms. The van der Waals surface area contributed by atoms with Gasteiger partial charge in [0, 0.05) is 6.54 Å². The monoisotopic (exact) mass is 401 g/mol. The molecule has 2 aromatic rings. The maximum absolute atomic E-state index is 13.0. The average Bonchev–Trinajstić information content (AvgIpc) is 2.55. The topological polar surface area (TPSA) is 30.5 Å². The van der Waals surface area contributed by atoms with Gasteiger partial charge in [-0.2, -0.15) is 0 Å². The van der Waals surface area contributed by atoms with Gasteiger partial charge in [-0.05, 0) is 54.8 Å². The first-order valence-corrected chi connectivity index (χ1v) is 8.90. The standard InChI is InChI=1S/C20H25ClFNO2.ClH/c1-4-24-19-10-16(12-23-11-14(2)3)9-18(21)20(19)25-13-15-5-7-17(22)8-6-15;/h5-10,14,23H,4,11-13H2,1-3H3;1H. The molecule has 0 atom stereocenters. The Morgan fingerprint density at radius 2 is 1.77 bits per heavy atom. The Balaban J connectivity index is 0.00000338. The molecule has 0 unspecified atom stereocenters. The van der Waals surface area contributed by atoms with Crippen LogP contribution >= 0.6 is 24.0 Å². The minimum atomic E-state index is -0.268. The molecule has 1 N–H and O–H groups in total. The van der Waals surface area contributed by atoms with Gasteiger partial charge < -0.3 is 14.8 Å². The molecule has 0 saturated heterocycles. The van der Waals surface area contributed by atoms with E-state index >= 15 is 0 Å². The van der Waals surface area contributed by atoms with Crippen LogP contribution in [0.25, 0.3) is 0 Å². The predicted octanol–water partition coefficient (Wildman–Crippen LogP) is 5.62. The number of nitrogens with one attached hydrogen (secondary N) is 1. The average molecular weight is 402 g/mol. The van der Waals surface area contributed by atoms with Crippen molar-refractivity contribution in [3.8, 4) is 11.5 Å². The number of benzene rings is 2. The van der Waals surface area contributed by atoms with E-state index in [1.165, 1.54) is 12.1 Å². The van der Waals surface area contributed by atoms with Gasteiger partial charge in [0.1, 0.15) is 12.4 Å². The third-order valence-corrected chi connectivity index (χ3v) is 3.83. The van der Waals surface area contributed by atoms with Gasteiger partial charge in [0.25, 0.3) is 0 Å². The highest BCUT2D eigenvalue weighted by Crippen LogP contribution is 2.37. The highest BCUT2D eigenvalue weighted by molar-refractivity contribution is 6.32. The number of rotatable bonds is 9. The van der Waals surface area contributed by atoms with E-state index in [0.29, 0.717) is 35.7 Å². The van der Waals surface area contributed by atoms with Crippen LogP contribution in [-0.4, -0.2) is 13.2 Å². The van der Waals surface area contributed by atoms with Gasteiger partial charge in [-0.1, -0.05) is 37.6 Å². The SMILES string of the molecule is CCOc1cc(CNCC(C)C)cc(Cl)c1OCc1ccc(F)cc1.Cl. The highest BCUT2D eigenvalue weighted by Gasteiger charge is 2.13. The summed E-state index contributed by atoms with van der Waals surface area (Å²) >= 11 is 6.41. The second kappa shape index (κ2) is 11.3. The van der Waals surface area contributed by atoms with Gasteiger partial charge in [0.05, 0.1) is 11.6 Å². The molecule has 0 aromatic heterocycles. The first-order chi connectivity index (χ1) is 12.0. The molecule has 2 rings (SSSR count). The fraction of sp³-hybridized carbons (Fsp3) is 0.400. The third kappa shape index (κ3) is 7.02. The molecule has 0 amide bonds. The minimum absolute atomic E-state index is 0. The van der Waals surface area contributed by atoms with Crippen molar-refractivity contribution in [2.24, 2.45) is 5.92 Å². The van der Waals surface area contributed by atoms with Crippen LogP contribution in [0.5, 0.6) is 11.5 Å². The van der Waals surface area contributed by atoms with Crippen molar-refractivity contribution in [2.45, 2.75) is 33.9 Å². The van der Waals surface area contributed by atoms with Crippen molar-refractivity contribution in [1.29, 1.82) is 0 Å². The Hall–Kier alpha value is -1.49. The van der Waals surface area contributed by atoms with Crippen LogP contribution in [0.15, 0.2) is 36.4 Å². The Labute approximate surface area is 166 Å². The van der Waals surface area contributed by atoms with Crippen molar-refractivity contribution in [1.82, 2.24) is 5.32 Å². The van der Waals surface area contributed by atoms with E-state index in [4.69, 9.17) is 21.1 Å². The summed E-state index contributed by atoms with van der Waals surface area (Å²) in [5.74, 6) is 1.45. The molecule has 6 heteroatoms. The zero-order valence-electron chi connectivity index (χ0n) is 15.4. The zero-order valence-corrected chi connectivity index (χ0v) is 16.9. The molecule has 0 aliphatic rings. The molecule has 2 aromatic carbocycles. The quantitative estimate of drug-likeness (QED) is 0.590. The van der Waals surface area contributed by atoms with E-state index in [2.05, 4.69) is 19.2 Å². The van der Waals surface area contributed by atoms with E-state index in [0.717, 1.165) is 24.2 Å². The summed E-state index contributed by atoms with van der Waals surface area (Å²) < 4.78 is 24.5. The maximum Gasteiger partial charge on any atom is 0.180 e. The summed E-state index contributed by atoms with van der Waals surface area (Å²) in [7, 11) is 0. The van der Waals surface area contributed by atoms with Crippen molar-refractivity contribution < 1.29 is 13.9 Å². The molecule has 0 fully saturated rings. The lowest BCUT2D eigenvalue weighted by molar-refractivity contribution is 0.269. The summed E-state index contributed by atoms with van der Waals surface area (Å²) in [5, 5.41) is 3.90. The van der Waals surface area contributed by atoms with E-state index in [1.54, 1.807) is 12.1 Å². The lowest BCUT2D eigenvalue weighted by atomic mass is 10.1. The van der Waals surface area contributed by atoms with Crippen LogP contribution in [0.4, 0.5) is 4.39 Å². The van der Waals surface area contributed by atoms with E-state index in [9.17, 15) is 4.39 Å². The van der Waals surface area contributed by atoms with Crippen LogP contribution in [-0.2, 0) is 13.2 Å². The number of hydrogen-bond donors (Lipinski definition) is 1. The summed E-state index contributed by atoms with van der Waals surface area (Å²) in [6.07, 6.45) is 0. The van der Waals surface area contributed by atoms with E-state index in [-0.39, 0.29) is 18.2 Å². The van der Waals surface area contributed by atoms with Crippen molar-refractivity contribution in [3.63, 3.8) is 0 Å². The summed E-state index contributed by atoms with van der Waals surface area (Å²) in [6.45, 7) is 8.72. The van der Waals surface area contributed by atoms with Crippen molar-refractivity contribution in [3.05, 3.63) is 58.4 Å². The van der Waals surface area contributed by atoms with Crippen LogP contribution in [0.1, 0.15) is 31.9 Å². The largest absolute Gasteiger partial charge is 0.490 e. The molecule has 26 heavy (non-hydrogen) atoms. The molecule has 0 aliphatic heterocycles. The molecular weight excluding hydrogens is 376 g/mol. The molecule has 0 bridgehead atoms. The Morgan fingerprint density at radius 3 is 2.38 bits per heavy atom. The molecule has 3 nitrogen and oxygen atoms in total. The predicted molar refractivity (Wildman–Crippen MR) is 107 cm³/mol.